The Balaban J connectivity index is 1.31. The quantitative estimate of drug-likeness (QED) is 0.624. The largest absolute Gasteiger partial charge is 0.299 e. The van der Waals surface area contributed by atoms with E-state index in [2.05, 4.69) is 40.4 Å². The van der Waals surface area contributed by atoms with Crippen LogP contribution in [-0.4, -0.2) is 33.6 Å². The summed E-state index contributed by atoms with van der Waals surface area (Å²) in [5.41, 5.74) is 9.14. The Morgan fingerprint density at radius 2 is 2.00 bits per heavy atom. The first-order chi connectivity index (χ1) is 16.1. The van der Waals surface area contributed by atoms with Crippen LogP contribution in [0.5, 0.6) is 0 Å². The molecule has 1 N–H and O–H groups in total. The van der Waals surface area contributed by atoms with Crippen LogP contribution in [-0.2, 0) is 17.8 Å². The van der Waals surface area contributed by atoms with Crippen molar-refractivity contribution in [1.29, 1.82) is 5.26 Å². The van der Waals surface area contributed by atoms with Gasteiger partial charge < -0.3 is 0 Å². The van der Waals surface area contributed by atoms with Crippen LogP contribution in [0.2, 0.25) is 0 Å². The molecule has 1 aliphatic carbocycles. The van der Waals surface area contributed by atoms with Crippen LogP contribution in [0, 0.1) is 23.7 Å². The summed E-state index contributed by atoms with van der Waals surface area (Å²) >= 11 is 0. The predicted octanol–water partition coefficient (Wildman–Crippen LogP) is 4.69. The zero-order valence-electron chi connectivity index (χ0n) is 19.3. The van der Waals surface area contributed by atoms with Crippen LogP contribution in [0.3, 0.4) is 0 Å². The molecule has 1 fully saturated rings. The van der Waals surface area contributed by atoms with Crippen molar-refractivity contribution in [1.82, 2.24) is 14.6 Å². The number of imidazole rings is 1. The fourth-order valence-electron chi connectivity index (χ4n) is 5.50. The maximum Gasteiger partial charge on any atom is 0.245 e. The highest BCUT2D eigenvalue weighted by Gasteiger charge is 2.40. The Labute approximate surface area is 195 Å². The van der Waals surface area contributed by atoms with Gasteiger partial charge in [0.05, 0.1) is 28.1 Å². The fraction of sp³-hybridized carbons (Fsp3) is 0.444. The lowest BCUT2D eigenvalue weighted by atomic mass is 9.71. The molecule has 2 aliphatic rings. The zero-order valence-corrected chi connectivity index (χ0v) is 19.3. The molecule has 2 heterocycles. The van der Waals surface area contributed by atoms with Crippen molar-refractivity contribution in [3.8, 4) is 6.07 Å². The Hall–Kier alpha value is -3.17. The molecular weight excluding hydrogens is 410 g/mol. The van der Waals surface area contributed by atoms with Crippen molar-refractivity contribution >= 4 is 16.9 Å². The minimum absolute atomic E-state index is 0.118. The molecule has 2 aromatic carbocycles. The van der Waals surface area contributed by atoms with Crippen LogP contribution in [0.25, 0.3) is 11.0 Å². The van der Waals surface area contributed by atoms with E-state index >= 15 is 0 Å². The van der Waals surface area contributed by atoms with Crippen molar-refractivity contribution in [2.24, 2.45) is 5.41 Å². The third-order valence-corrected chi connectivity index (χ3v) is 7.55. The second kappa shape index (κ2) is 8.99. The van der Waals surface area contributed by atoms with Gasteiger partial charge in [0.2, 0.25) is 5.91 Å². The van der Waals surface area contributed by atoms with E-state index in [9.17, 15) is 10.1 Å². The number of rotatable bonds is 5. The number of hydrogen-bond acceptors (Lipinski definition) is 4. The van der Waals surface area contributed by atoms with Crippen molar-refractivity contribution in [3.63, 3.8) is 0 Å². The summed E-state index contributed by atoms with van der Waals surface area (Å²) in [5, 5.41) is 9.25. The molecule has 6 heteroatoms. The van der Waals surface area contributed by atoms with Crippen LogP contribution < -0.4 is 5.43 Å². The first kappa shape index (κ1) is 21.7. The first-order valence-corrected chi connectivity index (χ1v) is 12.1. The number of carbonyl (C=O) groups is 1. The average molecular weight is 442 g/mol. The summed E-state index contributed by atoms with van der Waals surface area (Å²) in [4.78, 5) is 20.6. The first-order valence-electron chi connectivity index (χ1n) is 12.1. The number of amides is 1. The zero-order chi connectivity index (χ0) is 22.8. The summed E-state index contributed by atoms with van der Waals surface area (Å²) < 4.78 is 1.79. The Morgan fingerprint density at radius 1 is 1.15 bits per heavy atom. The molecule has 3 aromatic rings. The summed E-state index contributed by atoms with van der Waals surface area (Å²) in [5.74, 6) is 0.118. The number of fused-ring (bicyclic) bond motifs is 2. The molecule has 1 aromatic heterocycles. The maximum absolute atomic E-state index is 13.7. The van der Waals surface area contributed by atoms with Crippen molar-refractivity contribution < 1.29 is 4.79 Å². The Bertz CT molecular complexity index is 1210. The number of aromatic nitrogens is 2. The molecule has 0 bridgehead atoms. The normalized spacial score (nSPS) is 17.9. The van der Waals surface area contributed by atoms with E-state index in [4.69, 9.17) is 0 Å². The minimum atomic E-state index is -0.340. The summed E-state index contributed by atoms with van der Waals surface area (Å²) in [7, 11) is 0. The Kier molecular flexibility index (Phi) is 5.90. The number of nitriles is 1. The monoisotopic (exact) mass is 441 g/mol. The smallest absolute Gasteiger partial charge is 0.245 e. The molecule has 1 aliphatic heterocycles. The average Bonchev–Trinajstić information content (AvgIpc) is 3.24. The molecule has 1 saturated carbocycles. The molecule has 5 rings (SSSR count). The van der Waals surface area contributed by atoms with E-state index < -0.39 is 0 Å². The van der Waals surface area contributed by atoms with E-state index in [1.165, 1.54) is 17.5 Å². The van der Waals surface area contributed by atoms with Gasteiger partial charge in [0, 0.05) is 13.1 Å². The lowest BCUT2D eigenvalue weighted by Gasteiger charge is -2.38. The molecule has 0 saturated heterocycles. The standard InChI is InChI=1S/C27H31N5O/c1-20-5-8-24-25(15-20)32(19-29-24)30-26(33)27(10-3-2-4-11-27)12-14-31-13-9-22-7-6-21(17-28)16-23(22)18-31/h5-8,15-16,19H,2-4,9-14,18H2,1H3,(H,30,33). The maximum atomic E-state index is 13.7. The minimum Gasteiger partial charge on any atom is -0.299 e. The third-order valence-electron chi connectivity index (χ3n) is 7.55. The molecule has 0 radical (unpaired) electrons. The second-order valence-electron chi connectivity index (χ2n) is 9.76. The van der Waals surface area contributed by atoms with E-state index in [1.807, 2.05) is 24.3 Å². The number of aryl methyl sites for hydroxylation is 1. The fourth-order valence-corrected chi connectivity index (χ4v) is 5.50. The van der Waals surface area contributed by atoms with Crippen molar-refractivity contribution in [2.45, 2.75) is 58.4 Å². The van der Waals surface area contributed by atoms with E-state index in [1.54, 1.807) is 11.0 Å². The van der Waals surface area contributed by atoms with Gasteiger partial charge in [-0.3, -0.25) is 15.1 Å². The molecule has 6 nitrogen and oxygen atoms in total. The number of nitrogens with one attached hydrogen (secondary N) is 1. The molecule has 33 heavy (non-hydrogen) atoms. The van der Waals surface area contributed by atoms with E-state index in [0.29, 0.717) is 0 Å². The molecular formula is C27H31N5O. The van der Waals surface area contributed by atoms with Gasteiger partial charge in [-0.1, -0.05) is 31.4 Å². The summed E-state index contributed by atoms with van der Waals surface area (Å²) in [6.45, 7) is 4.81. The van der Waals surface area contributed by atoms with Gasteiger partial charge in [-0.15, -0.1) is 0 Å². The summed E-state index contributed by atoms with van der Waals surface area (Å²) in [6, 6.07) is 14.4. The number of hydrogen-bond donors (Lipinski definition) is 1. The van der Waals surface area contributed by atoms with Crippen LogP contribution in [0.1, 0.15) is 60.8 Å². The topological polar surface area (TPSA) is 74.0 Å². The van der Waals surface area contributed by atoms with Gasteiger partial charge in [-0.2, -0.15) is 5.26 Å². The van der Waals surface area contributed by atoms with Crippen LogP contribution >= 0.6 is 0 Å². The SMILES string of the molecule is Cc1ccc2ncn(NC(=O)C3(CCN4CCc5ccc(C#N)cc5C4)CCCCC3)c2c1. The van der Waals surface area contributed by atoms with Gasteiger partial charge in [0.25, 0.3) is 0 Å². The lowest BCUT2D eigenvalue weighted by Crippen LogP contribution is -2.44. The van der Waals surface area contributed by atoms with E-state index in [0.717, 1.165) is 80.3 Å². The van der Waals surface area contributed by atoms with Crippen molar-refractivity contribution in [2.75, 3.05) is 18.5 Å². The second-order valence-corrected chi connectivity index (χ2v) is 9.76. The molecule has 1 amide bonds. The van der Waals surface area contributed by atoms with Crippen LogP contribution in [0.4, 0.5) is 0 Å². The van der Waals surface area contributed by atoms with E-state index in [-0.39, 0.29) is 11.3 Å². The van der Waals surface area contributed by atoms with Gasteiger partial charge >= 0.3 is 0 Å². The highest BCUT2D eigenvalue weighted by Crippen LogP contribution is 2.40. The van der Waals surface area contributed by atoms with Gasteiger partial charge in [0.15, 0.2) is 0 Å². The van der Waals surface area contributed by atoms with Crippen LogP contribution in [0.15, 0.2) is 42.7 Å². The summed E-state index contributed by atoms with van der Waals surface area (Å²) in [6.07, 6.45) is 8.86. The number of nitrogens with zero attached hydrogens (tertiary/aromatic N) is 4. The molecule has 0 unspecified atom stereocenters. The van der Waals surface area contributed by atoms with Crippen molar-refractivity contribution in [3.05, 3.63) is 65.0 Å². The lowest BCUT2D eigenvalue weighted by molar-refractivity contribution is -0.129. The Morgan fingerprint density at radius 3 is 2.82 bits per heavy atom. The molecule has 0 spiro atoms. The predicted molar refractivity (Wildman–Crippen MR) is 129 cm³/mol. The number of benzene rings is 2. The highest BCUT2D eigenvalue weighted by atomic mass is 16.2. The van der Waals surface area contributed by atoms with Gasteiger partial charge in [-0.25, -0.2) is 9.66 Å². The highest BCUT2D eigenvalue weighted by molar-refractivity contribution is 5.91. The third kappa shape index (κ3) is 4.38. The molecule has 170 valence electrons. The molecule has 0 atom stereocenters. The van der Waals surface area contributed by atoms with Gasteiger partial charge in [0.1, 0.15) is 6.33 Å². The van der Waals surface area contributed by atoms with Gasteiger partial charge in [-0.05, 0) is 80.1 Å². The number of carbonyl (C=O) groups excluding carboxylic acids is 1.